The summed E-state index contributed by atoms with van der Waals surface area (Å²) < 4.78 is 54.4. The molecule has 19 heteroatoms. The van der Waals surface area contributed by atoms with Crippen LogP contribution in [0.2, 0.25) is 10.0 Å². The predicted molar refractivity (Wildman–Crippen MR) is 273 cm³/mol. The van der Waals surface area contributed by atoms with E-state index in [4.69, 9.17) is 47.9 Å². The van der Waals surface area contributed by atoms with Crippen LogP contribution in [-0.4, -0.2) is 89.0 Å². The molecule has 0 aromatic heterocycles. The lowest BCUT2D eigenvalue weighted by molar-refractivity contribution is -0.118. The number of para-hydroxylation sites is 2. The fourth-order valence-electron chi connectivity index (χ4n) is 8.48. The Labute approximate surface area is 427 Å². The van der Waals surface area contributed by atoms with Gasteiger partial charge in [-0.15, -0.1) is 0 Å². The van der Waals surface area contributed by atoms with Crippen LogP contribution < -0.4 is 37.1 Å². The zero-order valence-electron chi connectivity index (χ0n) is 40.2. The summed E-state index contributed by atoms with van der Waals surface area (Å²) in [6, 6.07) is 26.2. The molecule has 0 bridgehead atoms. The number of nitrogen functional groups attached to an aromatic ring is 1. The molecule has 15 nitrogen and oxygen atoms in total. The number of nitriles is 1. The number of methoxy groups -OCH3 is 1. The Morgan fingerprint density at radius 1 is 0.778 bits per heavy atom. The molecule has 1 fully saturated rings. The maximum atomic E-state index is 16.1. The average molecular weight is 1030 g/mol. The van der Waals surface area contributed by atoms with E-state index in [0.717, 1.165) is 6.07 Å². The van der Waals surface area contributed by atoms with Gasteiger partial charge in [0.25, 0.3) is 11.8 Å². The van der Waals surface area contributed by atoms with E-state index < -0.39 is 52.3 Å². The van der Waals surface area contributed by atoms with Crippen LogP contribution in [0, 0.1) is 28.4 Å². The summed E-state index contributed by atoms with van der Waals surface area (Å²) in [7, 11) is 1.37. The van der Waals surface area contributed by atoms with Crippen molar-refractivity contribution in [2.45, 2.75) is 57.0 Å². The zero-order chi connectivity index (χ0) is 52.0. The SMILES string of the molecule is COc1cc(C(=O)NCCOCCOCCOCCC(=O)Nc2ccc(C(=O)Nc3ccccc3N)cc2)ccc1NC(=O)[C@@H]1N[C@@H](CC(C)(C)C)[C@](C#N)(c2ccc(Cl)cc2F)[C@H]1c1cccc(Cl)c1F. The van der Waals surface area contributed by atoms with E-state index in [1.807, 2.05) is 20.8 Å². The molecule has 72 heavy (non-hydrogen) atoms. The van der Waals surface area contributed by atoms with Crippen molar-refractivity contribution in [3.8, 4) is 11.8 Å². The summed E-state index contributed by atoms with van der Waals surface area (Å²) in [6.07, 6.45) is 0.403. The van der Waals surface area contributed by atoms with Crippen molar-refractivity contribution < 1.29 is 46.9 Å². The van der Waals surface area contributed by atoms with Crippen molar-refractivity contribution in [3.05, 3.63) is 147 Å². The number of anilines is 4. The second kappa shape index (κ2) is 25.1. The van der Waals surface area contributed by atoms with E-state index in [1.54, 1.807) is 48.5 Å². The summed E-state index contributed by atoms with van der Waals surface area (Å²) in [5.74, 6) is -4.47. The van der Waals surface area contributed by atoms with Gasteiger partial charge in [-0.25, -0.2) is 8.78 Å². The van der Waals surface area contributed by atoms with Crippen molar-refractivity contribution in [1.29, 1.82) is 5.26 Å². The van der Waals surface area contributed by atoms with Crippen LogP contribution in [0.4, 0.5) is 31.5 Å². The van der Waals surface area contributed by atoms with Crippen LogP contribution >= 0.6 is 23.2 Å². The second-order valence-corrected chi connectivity index (χ2v) is 18.9. The van der Waals surface area contributed by atoms with E-state index in [-0.39, 0.29) is 109 Å². The van der Waals surface area contributed by atoms with Crippen molar-refractivity contribution >= 4 is 69.6 Å². The number of hydrogen-bond acceptors (Lipinski definition) is 11. The number of rotatable bonds is 22. The van der Waals surface area contributed by atoms with Crippen LogP contribution in [0.5, 0.6) is 5.75 Å². The third kappa shape index (κ3) is 13.8. The Morgan fingerprint density at radius 3 is 2.12 bits per heavy atom. The summed E-state index contributed by atoms with van der Waals surface area (Å²) in [5, 5.41) is 25.4. The number of halogens is 4. The molecule has 4 atom stereocenters. The molecule has 7 N–H and O–H groups in total. The fraction of sp³-hybridized carbons (Fsp3) is 0.340. The largest absolute Gasteiger partial charge is 0.495 e. The van der Waals surface area contributed by atoms with Gasteiger partial charge in [0.15, 0.2) is 0 Å². The average Bonchev–Trinajstić information content (AvgIpc) is 3.66. The van der Waals surface area contributed by atoms with Crippen LogP contribution in [0.3, 0.4) is 0 Å². The van der Waals surface area contributed by atoms with Gasteiger partial charge in [-0.3, -0.25) is 19.2 Å². The minimum absolute atomic E-state index is 0.0527. The first-order chi connectivity index (χ1) is 34.4. The lowest BCUT2D eigenvalue weighted by atomic mass is 9.62. The third-order valence-corrected chi connectivity index (χ3v) is 12.4. The van der Waals surface area contributed by atoms with Crippen molar-refractivity contribution in [2.24, 2.45) is 5.41 Å². The van der Waals surface area contributed by atoms with Gasteiger partial charge in [-0.1, -0.05) is 74.3 Å². The molecule has 1 heterocycles. The highest BCUT2D eigenvalue weighted by Gasteiger charge is 2.61. The number of nitrogens with one attached hydrogen (secondary N) is 5. The van der Waals surface area contributed by atoms with Gasteiger partial charge in [0.05, 0.1) is 87.4 Å². The standard InChI is InChI=1S/C53H57Cl2F2N7O8/c1-52(2,3)30-44-53(31-58,37-18-15-34(54)29-39(37)56)46(36-8-7-9-38(55)47(36)57)48(64-44)51(68)63-42-19-14-33(28-43(42)69-4)49(66)60-21-23-71-25-27-72-26-24-70-22-20-45(65)61-35-16-12-32(13-17-35)50(67)62-41-11-6-5-10-40(41)59/h5-19,28-29,44,46,48,64H,20-27,30,59H2,1-4H3,(H,60,66)(H,61,65)(H,62,67)(H,63,68)/t44-,46-,48+,53-/m0/s1. The minimum atomic E-state index is -1.82. The molecule has 0 aliphatic carbocycles. The van der Waals surface area contributed by atoms with Crippen LogP contribution in [-0.2, 0) is 29.2 Å². The Hall–Kier alpha value is -6.65. The van der Waals surface area contributed by atoms with Crippen molar-refractivity contribution in [2.75, 3.05) is 75.0 Å². The quantitative estimate of drug-likeness (QED) is 0.0284. The van der Waals surface area contributed by atoms with E-state index >= 15 is 8.78 Å². The number of hydrogen-bond donors (Lipinski definition) is 6. The van der Waals surface area contributed by atoms with E-state index in [0.29, 0.717) is 22.6 Å². The maximum absolute atomic E-state index is 16.1. The molecule has 1 aliphatic heterocycles. The summed E-state index contributed by atoms with van der Waals surface area (Å²) >= 11 is 12.4. The number of amides is 4. The van der Waals surface area contributed by atoms with Gasteiger partial charge in [0, 0.05) is 45.9 Å². The summed E-state index contributed by atoms with van der Waals surface area (Å²) in [6.45, 7) is 7.43. The van der Waals surface area contributed by atoms with Gasteiger partial charge in [0.1, 0.15) is 22.8 Å². The molecular formula is C53H57Cl2F2N7O8. The molecule has 380 valence electrons. The van der Waals surface area contributed by atoms with Crippen LogP contribution in [0.15, 0.2) is 103 Å². The summed E-state index contributed by atoms with van der Waals surface area (Å²) in [5.41, 5.74) is 5.84. The first-order valence-corrected chi connectivity index (χ1v) is 23.8. The molecular weight excluding hydrogens is 972 g/mol. The lowest BCUT2D eigenvalue weighted by Crippen LogP contribution is -2.45. The maximum Gasteiger partial charge on any atom is 0.255 e. The molecule has 1 saturated heterocycles. The molecule has 4 amide bonds. The van der Waals surface area contributed by atoms with Crippen molar-refractivity contribution in [3.63, 3.8) is 0 Å². The molecule has 0 radical (unpaired) electrons. The molecule has 0 spiro atoms. The highest BCUT2D eigenvalue weighted by atomic mass is 35.5. The highest BCUT2D eigenvalue weighted by molar-refractivity contribution is 6.31. The van der Waals surface area contributed by atoms with Gasteiger partial charge < -0.3 is 51.3 Å². The third-order valence-electron chi connectivity index (χ3n) is 11.8. The Bertz CT molecular complexity index is 2770. The number of nitrogens with zero attached hydrogens (tertiary/aromatic N) is 1. The monoisotopic (exact) mass is 1030 g/mol. The Kier molecular flexibility index (Phi) is 19.1. The first kappa shape index (κ1) is 54.7. The number of carbonyl (C=O) groups is 4. The smallest absolute Gasteiger partial charge is 0.255 e. The topological polar surface area (TPSA) is 215 Å². The lowest BCUT2D eigenvalue weighted by Gasteiger charge is -2.37. The predicted octanol–water partition coefficient (Wildman–Crippen LogP) is 8.88. The molecule has 5 aromatic rings. The number of nitrogens with two attached hydrogens (primary N) is 1. The van der Waals surface area contributed by atoms with Gasteiger partial charge in [-0.05, 0) is 90.2 Å². The molecule has 6 rings (SSSR count). The van der Waals surface area contributed by atoms with E-state index in [2.05, 4.69) is 32.7 Å². The van der Waals surface area contributed by atoms with E-state index in [9.17, 15) is 24.4 Å². The minimum Gasteiger partial charge on any atom is -0.495 e. The zero-order valence-corrected chi connectivity index (χ0v) is 41.7. The second-order valence-electron chi connectivity index (χ2n) is 18.1. The normalized spacial score (nSPS) is 17.4. The Morgan fingerprint density at radius 2 is 1.46 bits per heavy atom. The van der Waals surface area contributed by atoms with Crippen LogP contribution in [0.25, 0.3) is 0 Å². The van der Waals surface area contributed by atoms with Gasteiger partial charge >= 0.3 is 0 Å². The molecule has 5 aromatic carbocycles. The van der Waals surface area contributed by atoms with E-state index in [1.165, 1.54) is 55.6 Å². The van der Waals surface area contributed by atoms with Crippen molar-refractivity contribution in [1.82, 2.24) is 10.6 Å². The van der Waals surface area contributed by atoms with Crippen LogP contribution in [0.1, 0.15) is 71.4 Å². The number of benzene rings is 5. The molecule has 0 unspecified atom stereocenters. The molecule has 1 aliphatic rings. The number of ether oxygens (including phenoxy) is 4. The number of carbonyl (C=O) groups excluding carboxylic acids is 4. The highest BCUT2D eigenvalue weighted by Crippen LogP contribution is 2.53. The fourth-order valence-corrected chi connectivity index (χ4v) is 8.82. The van der Waals surface area contributed by atoms with Gasteiger partial charge in [-0.2, -0.15) is 5.26 Å². The van der Waals surface area contributed by atoms with Gasteiger partial charge in [0.2, 0.25) is 11.8 Å². The molecule has 0 saturated carbocycles. The first-order valence-electron chi connectivity index (χ1n) is 23.1. The Balaban J connectivity index is 0.937. The summed E-state index contributed by atoms with van der Waals surface area (Å²) in [4.78, 5) is 52.5.